The maximum absolute atomic E-state index is 11.6. The molecular weight excluding hydrogens is 308 g/mol. The van der Waals surface area contributed by atoms with Gasteiger partial charge in [-0.15, -0.1) is 0 Å². The van der Waals surface area contributed by atoms with Gasteiger partial charge in [-0.3, -0.25) is 9.59 Å². The molecular formula is C19H34O5. The standard InChI is InChI=1S/C19H34O5/c1-3-4-8-11-16(20)14-15-18(22)17(21)12-9-6-5-7-10-13-19(23)24-2/h14-15,17-18,21-22H,3-13H2,1-2H3/b15-14+/t17-,18+/m0/s1. The van der Waals surface area contributed by atoms with E-state index >= 15 is 0 Å². The van der Waals surface area contributed by atoms with Crippen molar-refractivity contribution in [1.82, 2.24) is 0 Å². The Morgan fingerprint density at radius 2 is 1.58 bits per heavy atom. The second kappa shape index (κ2) is 15.3. The van der Waals surface area contributed by atoms with Crippen LogP contribution in [0.1, 0.15) is 77.6 Å². The molecule has 24 heavy (non-hydrogen) atoms. The van der Waals surface area contributed by atoms with Gasteiger partial charge in [0.2, 0.25) is 0 Å². The normalized spacial score (nSPS) is 13.8. The Morgan fingerprint density at radius 3 is 2.25 bits per heavy atom. The molecule has 0 bridgehead atoms. The molecule has 0 amide bonds. The summed E-state index contributed by atoms with van der Waals surface area (Å²) in [6.07, 6.45) is 9.93. The van der Waals surface area contributed by atoms with Gasteiger partial charge in [-0.1, -0.05) is 51.5 Å². The van der Waals surface area contributed by atoms with Gasteiger partial charge in [-0.05, 0) is 25.3 Å². The molecule has 5 heteroatoms. The Hall–Kier alpha value is -1.20. The van der Waals surface area contributed by atoms with Crippen LogP contribution in [0.25, 0.3) is 0 Å². The van der Waals surface area contributed by atoms with E-state index in [4.69, 9.17) is 0 Å². The van der Waals surface area contributed by atoms with E-state index in [0.717, 1.165) is 51.4 Å². The van der Waals surface area contributed by atoms with E-state index in [1.54, 1.807) is 0 Å². The molecule has 0 aromatic carbocycles. The van der Waals surface area contributed by atoms with Crippen LogP contribution in [0.2, 0.25) is 0 Å². The summed E-state index contributed by atoms with van der Waals surface area (Å²) in [4.78, 5) is 22.5. The van der Waals surface area contributed by atoms with Crippen LogP contribution >= 0.6 is 0 Å². The topological polar surface area (TPSA) is 83.8 Å². The molecule has 0 aliphatic rings. The first kappa shape index (κ1) is 22.8. The van der Waals surface area contributed by atoms with E-state index in [0.29, 0.717) is 19.3 Å². The number of allylic oxidation sites excluding steroid dienone is 1. The van der Waals surface area contributed by atoms with Gasteiger partial charge in [0.05, 0.1) is 19.3 Å². The average Bonchev–Trinajstić information content (AvgIpc) is 2.58. The van der Waals surface area contributed by atoms with E-state index < -0.39 is 12.2 Å². The highest BCUT2D eigenvalue weighted by Gasteiger charge is 2.13. The number of hydrogen-bond acceptors (Lipinski definition) is 5. The van der Waals surface area contributed by atoms with Crippen molar-refractivity contribution in [2.24, 2.45) is 0 Å². The molecule has 0 fully saturated rings. The lowest BCUT2D eigenvalue weighted by Gasteiger charge is -2.14. The third-order valence-corrected chi connectivity index (χ3v) is 4.01. The van der Waals surface area contributed by atoms with Gasteiger partial charge >= 0.3 is 5.97 Å². The van der Waals surface area contributed by atoms with Crippen molar-refractivity contribution in [3.63, 3.8) is 0 Å². The van der Waals surface area contributed by atoms with E-state index in [1.807, 2.05) is 0 Å². The number of aliphatic hydroxyl groups is 2. The van der Waals surface area contributed by atoms with Crippen LogP contribution in [-0.4, -0.2) is 41.3 Å². The summed E-state index contributed by atoms with van der Waals surface area (Å²) in [5.74, 6) is -0.176. The maximum atomic E-state index is 11.6. The van der Waals surface area contributed by atoms with Crippen molar-refractivity contribution in [3.05, 3.63) is 12.2 Å². The monoisotopic (exact) mass is 342 g/mol. The van der Waals surface area contributed by atoms with Crippen molar-refractivity contribution in [2.45, 2.75) is 89.8 Å². The summed E-state index contributed by atoms with van der Waals surface area (Å²) in [5, 5.41) is 19.7. The number of ether oxygens (including phenoxy) is 1. The molecule has 0 aromatic rings. The summed E-state index contributed by atoms with van der Waals surface area (Å²) in [6, 6.07) is 0. The minimum Gasteiger partial charge on any atom is -0.469 e. The maximum Gasteiger partial charge on any atom is 0.305 e. The number of ketones is 1. The zero-order valence-electron chi connectivity index (χ0n) is 15.2. The zero-order chi connectivity index (χ0) is 18.2. The smallest absolute Gasteiger partial charge is 0.305 e. The van der Waals surface area contributed by atoms with Gasteiger partial charge in [-0.25, -0.2) is 0 Å². The number of aliphatic hydroxyl groups excluding tert-OH is 2. The first-order valence-electron chi connectivity index (χ1n) is 9.15. The molecule has 140 valence electrons. The van der Waals surface area contributed by atoms with Crippen LogP contribution in [-0.2, 0) is 14.3 Å². The average molecular weight is 342 g/mol. The molecule has 2 atom stereocenters. The predicted molar refractivity (Wildman–Crippen MR) is 94.6 cm³/mol. The van der Waals surface area contributed by atoms with Gasteiger partial charge in [0.15, 0.2) is 5.78 Å². The first-order chi connectivity index (χ1) is 11.5. The Kier molecular flexibility index (Phi) is 14.6. The van der Waals surface area contributed by atoms with E-state index in [1.165, 1.54) is 19.3 Å². The van der Waals surface area contributed by atoms with Crippen molar-refractivity contribution in [1.29, 1.82) is 0 Å². The molecule has 0 aliphatic carbocycles. The predicted octanol–water partition coefficient (Wildman–Crippen LogP) is 3.32. The second-order valence-electron chi connectivity index (χ2n) is 6.22. The van der Waals surface area contributed by atoms with Crippen molar-refractivity contribution in [2.75, 3.05) is 7.11 Å². The lowest BCUT2D eigenvalue weighted by Crippen LogP contribution is -2.23. The number of unbranched alkanes of at least 4 members (excludes halogenated alkanes) is 6. The summed E-state index contributed by atoms with van der Waals surface area (Å²) >= 11 is 0. The van der Waals surface area contributed by atoms with Crippen molar-refractivity contribution in [3.8, 4) is 0 Å². The third-order valence-electron chi connectivity index (χ3n) is 4.01. The fourth-order valence-electron chi connectivity index (χ4n) is 2.39. The lowest BCUT2D eigenvalue weighted by molar-refractivity contribution is -0.140. The highest BCUT2D eigenvalue weighted by atomic mass is 16.5. The molecule has 5 nitrogen and oxygen atoms in total. The lowest BCUT2D eigenvalue weighted by atomic mass is 10.0. The van der Waals surface area contributed by atoms with Crippen LogP contribution in [0.15, 0.2) is 12.2 Å². The summed E-state index contributed by atoms with van der Waals surface area (Å²) < 4.78 is 4.57. The Bertz CT molecular complexity index is 365. The number of hydrogen-bond donors (Lipinski definition) is 2. The Labute approximate surface area is 146 Å². The SMILES string of the molecule is CCCCCC(=O)/C=C/[C@@H](O)[C@@H](O)CCCCCCCC(=O)OC. The van der Waals surface area contributed by atoms with Gasteiger partial charge in [-0.2, -0.15) is 0 Å². The summed E-state index contributed by atoms with van der Waals surface area (Å²) in [6.45, 7) is 2.08. The Morgan fingerprint density at radius 1 is 0.958 bits per heavy atom. The van der Waals surface area contributed by atoms with Crippen molar-refractivity contribution < 1.29 is 24.5 Å². The molecule has 0 aliphatic heterocycles. The fraction of sp³-hybridized carbons (Fsp3) is 0.789. The van der Waals surface area contributed by atoms with Crippen LogP contribution in [0.3, 0.4) is 0 Å². The van der Waals surface area contributed by atoms with Crippen LogP contribution < -0.4 is 0 Å². The summed E-state index contributed by atoms with van der Waals surface area (Å²) in [5.41, 5.74) is 0. The largest absolute Gasteiger partial charge is 0.469 e. The number of methoxy groups -OCH3 is 1. The molecule has 0 unspecified atom stereocenters. The first-order valence-corrected chi connectivity index (χ1v) is 9.15. The molecule has 0 spiro atoms. The quantitative estimate of drug-likeness (QED) is 0.271. The van der Waals surface area contributed by atoms with E-state index in [2.05, 4.69) is 11.7 Å². The molecule has 0 heterocycles. The number of rotatable bonds is 15. The van der Waals surface area contributed by atoms with Gasteiger partial charge in [0, 0.05) is 12.8 Å². The van der Waals surface area contributed by atoms with E-state index in [-0.39, 0.29) is 11.8 Å². The van der Waals surface area contributed by atoms with Crippen molar-refractivity contribution >= 4 is 11.8 Å². The minimum atomic E-state index is -0.987. The van der Waals surface area contributed by atoms with Gasteiger partial charge in [0.1, 0.15) is 0 Å². The molecule has 0 saturated carbocycles. The highest BCUT2D eigenvalue weighted by molar-refractivity contribution is 5.89. The molecule has 0 rings (SSSR count). The molecule has 2 N–H and O–H groups in total. The minimum absolute atomic E-state index is 0.000283. The second-order valence-corrected chi connectivity index (χ2v) is 6.22. The molecule has 0 saturated heterocycles. The van der Waals surface area contributed by atoms with Crippen LogP contribution in [0.5, 0.6) is 0 Å². The Balaban J connectivity index is 3.69. The zero-order valence-corrected chi connectivity index (χ0v) is 15.2. The summed E-state index contributed by atoms with van der Waals surface area (Å²) in [7, 11) is 1.39. The number of carbonyl (C=O) groups is 2. The van der Waals surface area contributed by atoms with Gasteiger partial charge in [0.25, 0.3) is 0 Å². The number of esters is 1. The molecule has 0 aromatic heterocycles. The highest BCUT2D eigenvalue weighted by Crippen LogP contribution is 2.11. The third kappa shape index (κ3) is 13.3. The fourth-order valence-corrected chi connectivity index (χ4v) is 2.39. The van der Waals surface area contributed by atoms with Crippen LogP contribution in [0.4, 0.5) is 0 Å². The molecule has 0 radical (unpaired) electrons. The number of carbonyl (C=O) groups excluding carboxylic acids is 2. The van der Waals surface area contributed by atoms with Crippen LogP contribution in [0, 0.1) is 0 Å². The van der Waals surface area contributed by atoms with Gasteiger partial charge < -0.3 is 14.9 Å². The van der Waals surface area contributed by atoms with E-state index in [9.17, 15) is 19.8 Å².